The van der Waals surface area contributed by atoms with Crippen LogP contribution in [0.5, 0.6) is 5.75 Å². The number of thiophene rings is 1. The summed E-state index contributed by atoms with van der Waals surface area (Å²) in [4.78, 5) is 24.7. The minimum absolute atomic E-state index is 0.0210. The van der Waals surface area contributed by atoms with Crippen LogP contribution in [0.15, 0.2) is 41.8 Å². The van der Waals surface area contributed by atoms with E-state index in [4.69, 9.17) is 4.74 Å². The third kappa shape index (κ3) is 4.93. The van der Waals surface area contributed by atoms with E-state index in [9.17, 15) is 9.59 Å². The molecule has 0 bridgehead atoms. The molecular weight excluding hydrogens is 310 g/mol. The Morgan fingerprint density at radius 1 is 1.17 bits per heavy atom. The molecule has 0 aliphatic carbocycles. The lowest BCUT2D eigenvalue weighted by Gasteiger charge is -2.17. The number of carbonyl (C=O) groups is 2. The lowest BCUT2D eigenvalue weighted by molar-refractivity contribution is -0.121. The first-order valence-corrected chi connectivity index (χ1v) is 8.52. The highest BCUT2D eigenvalue weighted by Crippen LogP contribution is 2.20. The van der Waals surface area contributed by atoms with Gasteiger partial charge in [-0.1, -0.05) is 25.1 Å². The van der Waals surface area contributed by atoms with Crippen molar-refractivity contribution in [3.63, 3.8) is 0 Å². The molecule has 0 fully saturated rings. The van der Waals surface area contributed by atoms with Gasteiger partial charge in [0, 0.05) is 12.8 Å². The van der Waals surface area contributed by atoms with Crippen molar-refractivity contribution in [2.24, 2.45) is 0 Å². The maximum absolute atomic E-state index is 12.1. The second-order valence-electron chi connectivity index (χ2n) is 5.20. The Hall–Kier alpha value is -2.14. The van der Waals surface area contributed by atoms with Gasteiger partial charge in [-0.05, 0) is 35.6 Å². The third-order valence-electron chi connectivity index (χ3n) is 3.64. The molecule has 0 saturated heterocycles. The number of carbonyl (C=O) groups excluding carboxylic acids is 2. The fourth-order valence-corrected chi connectivity index (χ4v) is 3.01. The molecular formula is C18H21NO3S. The van der Waals surface area contributed by atoms with Crippen molar-refractivity contribution in [2.75, 3.05) is 7.11 Å². The first-order chi connectivity index (χ1) is 11.1. The predicted molar refractivity (Wildman–Crippen MR) is 92.1 cm³/mol. The zero-order valence-corrected chi connectivity index (χ0v) is 14.2. The van der Waals surface area contributed by atoms with Crippen molar-refractivity contribution in [1.29, 1.82) is 0 Å². The van der Waals surface area contributed by atoms with Gasteiger partial charge in [-0.25, -0.2) is 0 Å². The minimum atomic E-state index is -0.0995. The largest absolute Gasteiger partial charge is 0.497 e. The molecule has 1 aromatic carbocycles. The zero-order valence-electron chi connectivity index (χ0n) is 13.4. The van der Waals surface area contributed by atoms with Crippen molar-refractivity contribution < 1.29 is 14.3 Å². The Bertz CT molecular complexity index is 635. The van der Waals surface area contributed by atoms with Crippen LogP contribution < -0.4 is 10.1 Å². The summed E-state index contributed by atoms with van der Waals surface area (Å²) < 4.78 is 5.14. The van der Waals surface area contributed by atoms with Crippen molar-refractivity contribution in [3.05, 3.63) is 52.2 Å². The van der Waals surface area contributed by atoms with E-state index in [1.807, 2.05) is 42.6 Å². The highest BCUT2D eigenvalue weighted by atomic mass is 32.1. The van der Waals surface area contributed by atoms with Crippen LogP contribution in [0.1, 0.15) is 47.5 Å². The lowest BCUT2D eigenvalue weighted by Crippen LogP contribution is -2.28. The van der Waals surface area contributed by atoms with E-state index < -0.39 is 0 Å². The number of benzene rings is 1. The molecule has 1 heterocycles. The quantitative estimate of drug-likeness (QED) is 0.744. The average Bonchev–Trinajstić information content (AvgIpc) is 3.12. The number of Topliss-reactive ketones (excluding diaryl/α,β-unsaturated/α-hetero) is 1. The van der Waals surface area contributed by atoms with E-state index in [0.29, 0.717) is 4.88 Å². The Morgan fingerprint density at radius 2 is 1.91 bits per heavy atom. The molecule has 1 aromatic heterocycles. The van der Waals surface area contributed by atoms with Gasteiger partial charge < -0.3 is 10.1 Å². The Kier molecular flexibility index (Phi) is 6.35. The molecule has 4 nitrogen and oxygen atoms in total. The summed E-state index contributed by atoms with van der Waals surface area (Å²) in [7, 11) is 1.62. The zero-order chi connectivity index (χ0) is 16.7. The molecule has 0 unspecified atom stereocenters. The normalized spacial score (nSPS) is 11.7. The van der Waals surface area contributed by atoms with Crippen LogP contribution in [0.3, 0.4) is 0 Å². The van der Waals surface area contributed by atoms with Crippen LogP contribution in [0.2, 0.25) is 0 Å². The van der Waals surface area contributed by atoms with Crippen LogP contribution in [0.4, 0.5) is 0 Å². The molecule has 5 heteroatoms. The summed E-state index contributed by atoms with van der Waals surface area (Å²) in [6.45, 7) is 2.02. The Balaban J connectivity index is 1.87. The van der Waals surface area contributed by atoms with E-state index in [1.165, 1.54) is 11.3 Å². The molecule has 2 rings (SSSR count). The van der Waals surface area contributed by atoms with Gasteiger partial charge in [-0.3, -0.25) is 9.59 Å². The van der Waals surface area contributed by atoms with Gasteiger partial charge in [0.05, 0.1) is 18.0 Å². The van der Waals surface area contributed by atoms with Gasteiger partial charge in [0.1, 0.15) is 5.75 Å². The van der Waals surface area contributed by atoms with Gasteiger partial charge in [0.15, 0.2) is 5.78 Å². The molecule has 1 atom stereocenters. The van der Waals surface area contributed by atoms with Gasteiger partial charge in [-0.15, -0.1) is 11.3 Å². The van der Waals surface area contributed by atoms with Crippen molar-refractivity contribution in [3.8, 4) is 5.75 Å². The SMILES string of the molecule is CC[C@@H](NC(=O)CCC(=O)c1cccs1)c1ccc(OC)cc1. The van der Waals surface area contributed by atoms with Crippen molar-refractivity contribution in [2.45, 2.75) is 32.2 Å². The molecule has 0 radical (unpaired) electrons. The summed E-state index contributed by atoms with van der Waals surface area (Å²) in [5.41, 5.74) is 1.03. The first-order valence-electron chi connectivity index (χ1n) is 7.64. The molecule has 0 spiro atoms. The summed E-state index contributed by atoms with van der Waals surface area (Å²) in [5.74, 6) is 0.710. The number of hydrogen-bond acceptors (Lipinski definition) is 4. The van der Waals surface area contributed by atoms with Crippen molar-refractivity contribution in [1.82, 2.24) is 5.32 Å². The monoisotopic (exact) mass is 331 g/mol. The van der Waals surface area contributed by atoms with E-state index >= 15 is 0 Å². The maximum Gasteiger partial charge on any atom is 0.220 e. The molecule has 0 aliphatic heterocycles. The van der Waals surface area contributed by atoms with Gasteiger partial charge in [-0.2, -0.15) is 0 Å². The summed E-state index contributed by atoms with van der Waals surface area (Å²) >= 11 is 1.41. The Morgan fingerprint density at radius 3 is 2.48 bits per heavy atom. The highest BCUT2D eigenvalue weighted by Gasteiger charge is 2.15. The van der Waals surface area contributed by atoms with Gasteiger partial charge in [0.25, 0.3) is 0 Å². The Labute approximate surface area is 140 Å². The summed E-state index contributed by atoms with van der Waals surface area (Å²) in [6, 6.07) is 11.2. The second kappa shape index (κ2) is 8.48. The van der Waals surface area contributed by atoms with Gasteiger partial charge >= 0.3 is 0 Å². The van der Waals surface area contributed by atoms with Crippen LogP contribution in [-0.4, -0.2) is 18.8 Å². The lowest BCUT2D eigenvalue weighted by atomic mass is 10.0. The number of amides is 1. The predicted octanol–water partition coefficient (Wildman–Crippen LogP) is 3.99. The fourth-order valence-electron chi connectivity index (χ4n) is 2.31. The fraction of sp³-hybridized carbons (Fsp3) is 0.333. The highest BCUT2D eigenvalue weighted by molar-refractivity contribution is 7.12. The number of ether oxygens (including phenoxy) is 1. The number of methoxy groups -OCH3 is 1. The first kappa shape index (κ1) is 17.2. The van der Waals surface area contributed by atoms with E-state index in [-0.39, 0.29) is 30.6 Å². The van der Waals surface area contributed by atoms with Crippen LogP contribution in [0.25, 0.3) is 0 Å². The van der Waals surface area contributed by atoms with E-state index in [1.54, 1.807) is 13.2 Å². The van der Waals surface area contributed by atoms with E-state index in [2.05, 4.69) is 5.32 Å². The van der Waals surface area contributed by atoms with Crippen LogP contribution >= 0.6 is 11.3 Å². The van der Waals surface area contributed by atoms with Gasteiger partial charge in [0.2, 0.25) is 5.91 Å². The topological polar surface area (TPSA) is 55.4 Å². The summed E-state index contributed by atoms with van der Waals surface area (Å²) in [6.07, 6.45) is 1.24. The van der Waals surface area contributed by atoms with E-state index in [0.717, 1.165) is 17.7 Å². The molecule has 23 heavy (non-hydrogen) atoms. The minimum Gasteiger partial charge on any atom is -0.497 e. The van der Waals surface area contributed by atoms with Crippen molar-refractivity contribution >= 4 is 23.0 Å². The summed E-state index contributed by atoms with van der Waals surface area (Å²) in [5, 5.41) is 4.86. The van der Waals surface area contributed by atoms with Crippen LogP contribution in [0, 0.1) is 0 Å². The molecule has 1 N–H and O–H groups in total. The smallest absolute Gasteiger partial charge is 0.220 e. The number of nitrogens with one attached hydrogen (secondary N) is 1. The molecule has 1 amide bonds. The average molecular weight is 331 g/mol. The molecule has 122 valence electrons. The third-order valence-corrected chi connectivity index (χ3v) is 4.55. The maximum atomic E-state index is 12.1. The standard InChI is InChI=1S/C18H21NO3S/c1-3-15(13-6-8-14(22-2)9-7-13)19-18(21)11-10-16(20)17-5-4-12-23-17/h4-9,12,15H,3,10-11H2,1-2H3,(H,19,21)/t15-/m1/s1. The second-order valence-corrected chi connectivity index (χ2v) is 6.15. The molecule has 2 aromatic rings. The number of ketones is 1. The molecule has 0 aliphatic rings. The number of rotatable bonds is 8. The molecule has 0 saturated carbocycles. The van der Waals surface area contributed by atoms with Crippen LogP contribution in [-0.2, 0) is 4.79 Å². The number of hydrogen-bond donors (Lipinski definition) is 1.